The van der Waals surface area contributed by atoms with Crippen molar-refractivity contribution in [1.82, 2.24) is 0 Å². The van der Waals surface area contributed by atoms with Crippen LogP contribution in [0.4, 0.5) is 0 Å². The third kappa shape index (κ3) is 2.50. The first-order valence-electron chi connectivity index (χ1n) is 4.87. The normalized spacial score (nSPS) is 15.2. The van der Waals surface area contributed by atoms with Crippen LogP contribution < -0.4 is 0 Å². The summed E-state index contributed by atoms with van der Waals surface area (Å²) < 4.78 is 1.98. The highest BCUT2D eigenvalue weighted by Crippen LogP contribution is 2.26. The van der Waals surface area contributed by atoms with E-state index in [-0.39, 0.29) is 5.78 Å². The number of benzene rings is 1. The van der Waals surface area contributed by atoms with Gasteiger partial charge in [-0.25, -0.2) is 0 Å². The van der Waals surface area contributed by atoms with Gasteiger partial charge in [-0.1, -0.05) is 22.0 Å². The van der Waals surface area contributed by atoms with E-state index in [1.807, 2.05) is 18.2 Å². The number of ketones is 1. The molecule has 0 unspecified atom stereocenters. The van der Waals surface area contributed by atoms with Crippen molar-refractivity contribution in [2.45, 2.75) is 19.3 Å². The van der Waals surface area contributed by atoms with Gasteiger partial charge in [-0.05, 0) is 65.6 Å². The summed E-state index contributed by atoms with van der Waals surface area (Å²) in [4.78, 5) is 12.1. The summed E-state index contributed by atoms with van der Waals surface area (Å²) in [6.45, 7) is 0. The van der Waals surface area contributed by atoms with Gasteiger partial charge in [0.05, 0.1) is 0 Å². The van der Waals surface area contributed by atoms with Crippen molar-refractivity contribution >= 4 is 44.3 Å². The first-order valence-corrected chi connectivity index (χ1v) is 6.74. The molecule has 0 bridgehead atoms. The van der Waals surface area contributed by atoms with E-state index in [0.717, 1.165) is 38.4 Å². The molecule has 0 aliphatic heterocycles. The second-order valence-corrected chi connectivity index (χ2v) is 5.67. The predicted octanol–water partition coefficient (Wildman–Crippen LogP) is 4.35. The highest BCUT2D eigenvalue weighted by molar-refractivity contribution is 14.1. The Kier molecular flexibility index (Phi) is 3.61. The molecule has 1 aliphatic rings. The Morgan fingerprint density at radius 1 is 1.40 bits per heavy atom. The van der Waals surface area contributed by atoms with Gasteiger partial charge in [0.1, 0.15) is 0 Å². The van der Waals surface area contributed by atoms with Crippen LogP contribution in [0, 0.1) is 3.57 Å². The third-order valence-corrected chi connectivity index (χ3v) is 3.87. The maximum atomic E-state index is 12.1. The van der Waals surface area contributed by atoms with Crippen LogP contribution in [0.3, 0.4) is 0 Å². The first kappa shape index (κ1) is 11.3. The van der Waals surface area contributed by atoms with Crippen LogP contribution in [0.25, 0.3) is 0 Å². The van der Waals surface area contributed by atoms with E-state index in [4.69, 9.17) is 0 Å². The molecule has 1 aromatic carbocycles. The Bertz CT molecular complexity index is 437. The molecule has 2 rings (SSSR count). The molecule has 78 valence electrons. The minimum Gasteiger partial charge on any atom is -0.289 e. The van der Waals surface area contributed by atoms with Crippen molar-refractivity contribution in [3.63, 3.8) is 0 Å². The second kappa shape index (κ2) is 4.78. The summed E-state index contributed by atoms with van der Waals surface area (Å²) in [6.07, 6.45) is 5.15. The van der Waals surface area contributed by atoms with Crippen molar-refractivity contribution < 1.29 is 4.79 Å². The van der Waals surface area contributed by atoms with E-state index < -0.39 is 0 Å². The van der Waals surface area contributed by atoms with Gasteiger partial charge in [0.15, 0.2) is 5.78 Å². The Morgan fingerprint density at radius 2 is 2.20 bits per heavy atom. The molecule has 0 heterocycles. The molecule has 0 N–H and O–H groups in total. The number of Topliss-reactive ketones (excluding diaryl/α,β-unsaturated/α-hetero) is 1. The summed E-state index contributed by atoms with van der Waals surface area (Å²) in [5.41, 5.74) is 1.76. The molecule has 0 fully saturated rings. The monoisotopic (exact) mass is 376 g/mol. The van der Waals surface area contributed by atoms with Crippen LogP contribution in [0.2, 0.25) is 0 Å². The zero-order valence-electron chi connectivity index (χ0n) is 8.09. The first-order chi connectivity index (χ1) is 7.18. The Labute approximate surface area is 111 Å². The molecule has 15 heavy (non-hydrogen) atoms. The van der Waals surface area contributed by atoms with Gasteiger partial charge in [-0.2, -0.15) is 0 Å². The summed E-state index contributed by atoms with van der Waals surface area (Å²) in [6, 6.07) is 5.86. The highest BCUT2D eigenvalue weighted by Gasteiger charge is 2.17. The molecule has 3 heteroatoms. The average Bonchev–Trinajstić information content (AvgIpc) is 2.74. The number of allylic oxidation sites excluding steroid dienone is 2. The topological polar surface area (TPSA) is 17.1 Å². The smallest absolute Gasteiger partial charge is 0.189 e. The molecule has 0 aromatic heterocycles. The molecule has 1 aliphatic carbocycles. The molecule has 0 spiro atoms. The van der Waals surface area contributed by atoms with Crippen molar-refractivity contribution in [2.24, 2.45) is 0 Å². The van der Waals surface area contributed by atoms with Gasteiger partial charge in [0.2, 0.25) is 0 Å². The number of rotatable bonds is 2. The minimum atomic E-state index is 0.179. The van der Waals surface area contributed by atoms with E-state index in [1.54, 1.807) is 0 Å². The fourth-order valence-electron chi connectivity index (χ4n) is 1.72. The van der Waals surface area contributed by atoms with Gasteiger partial charge in [-0.15, -0.1) is 0 Å². The molecular weight excluding hydrogens is 367 g/mol. The molecule has 1 nitrogen and oxygen atoms in total. The molecule has 0 saturated heterocycles. The van der Waals surface area contributed by atoms with Gasteiger partial charge >= 0.3 is 0 Å². The van der Waals surface area contributed by atoms with Crippen LogP contribution in [0.1, 0.15) is 29.6 Å². The van der Waals surface area contributed by atoms with Crippen LogP contribution in [-0.2, 0) is 0 Å². The van der Waals surface area contributed by atoms with Crippen LogP contribution in [0.15, 0.2) is 34.3 Å². The Morgan fingerprint density at radius 3 is 2.87 bits per heavy atom. The molecular formula is C12H10BrIO. The number of carbonyl (C=O) groups is 1. The zero-order chi connectivity index (χ0) is 10.8. The zero-order valence-corrected chi connectivity index (χ0v) is 11.8. The van der Waals surface area contributed by atoms with Gasteiger partial charge in [0.25, 0.3) is 0 Å². The predicted molar refractivity (Wildman–Crippen MR) is 73.1 cm³/mol. The van der Waals surface area contributed by atoms with E-state index in [9.17, 15) is 4.79 Å². The van der Waals surface area contributed by atoms with Crippen molar-refractivity contribution in [2.75, 3.05) is 0 Å². The van der Waals surface area contributed by atoms with Crippen LogP contribution in [0.5, 0.6) is 0 Å². The van der Waals surface area contributed by atoms with E-state index in [0.29, 0.717) is 0 Å². The summed E-state index contributed by atoms with van der Waals surface area (Å²) >= 11 is 5.65. The van der Waals surface area contributed by atoms with Crippen LogP contribution in [-0.4, -0.2) is 5.78 Å². The lowest BCUT2D eigenvalue weighted by Crippen LogP contribution is -2.03. The van der Waals surface area contributed by atoms with Crippen molar-refractivity contribution in [3.05, 3.63) is 43.5 Å². The maximum Gasteiger partial charge on any atom is 0.189 e. The third-order valence-electron chi connectivity index (χ3n) is 2.51. The van der Waals surface area contributed by atoms with Gasteiger partial charge in [-0.3, -0.25) is 4.79 Å². The highest BCUT2D eigenvalue weighted by atomic mass is 127. The molecule has 0 amide bonds. The molecule has 1 aromatic rings. The van der Waals surface area contributed by atoms with E-state index in [2.05, 4.69) is 44.6 Å². The second-order valence-electron chi connectivity index (χ2n) is 3.57. The lowest BCUT2D eigenvalue weighted by molar-refractivity contribution is 0.103. The molecule has 0 radical (unpaired) electrons. The number of hydrogen-bond donors (Lipinski definition) is 0. The average molecular weight is 377 g/mol. The van der Waals surface area contributed by atoms with Crippen LogP contribution >= 0.6 is 38.5 Å². The maximum absolute atomic E-state index is 12.1. The fraction of sp³-hybridized carbons (Fsp3) is 0.250. The van der Waals surface area contributed by atoms with Crippen molar-refractivity contribution in [1.29, 1.82) is 0 Å². The van der Waals surface area contributed by atoms with Crippen molar-refractivity contribution in [3.8, 4) is 0 Å². The lowest BCUT2D eigenvalue weighted by Gasteiger charge is -2.04. The fourth-order valence-corrected chi connectivity index (χ4v) is 2.64. The van der Waals surface area contributed by atoms with Gasteiger partial charge in [0, 0.05) is 13.6 Å². The molecule has 0 atom stereocenters. The number of halogens is 2. The SMILES string of the molecule is O=C(C1=CCCC1)c1cc(I)ccc1Br. The Balaban J connectivity index is 2.36. The largest absolute Gasteiger partial charge is 0.289 e. The number of carbonyl (C=O) groups excluding carboxylic acids is 1. The lowest BCUT2D eigenvalue weighted by atomic mass is 10.0. The standard InChI is InChI=1S/C12H10BrIO/c13-11-6-5-9(14)7-10(11)12(15)8-3-1-2-4-8/h3,5-7H,1-2,4H2. The summed E-state index contributed by atoms with van der Waals surface area (Å²) in [5.74, 6) is 0.179. The summed E-state index contributed by atoms with van der Waals surface area (Å²) in [5, 5.41) is 0. The quantitative estimate of drug-likeness (QED) is 0.554. The van der Waals surface area contributed by atoms with Gasteiger partial charge < -0.3 is 0 Å². The number of hydrogen-bond acceptors (Lipinski definition) is 1. The molecule has 0 saturated carbocycles. The van der Waals surface area contributed by atoms with E-state index in [1.165, 1.54) is 0 Å². The van der Waals surface area contributed by atoms with E-state index >= 15 is 0 Å². The minimum absolute atomic E-state index is 0.179. The summed E-state index contributed by atoms with van der Waals surface area (Å²) in [7, 11) is 0. The Hall–Kier alpha value is -0.160.